The number of rotatable bonds is 63. The molecule has 0 fully saturated rings. The summed E-state index contributed by atoms with van der Waals surface area (Å²) in [6, 6.07) is -0.646. The number of carbonyl (C=O) groups excluding carboxylic acids is 1. The van der Waals surface area contributed by atoms with Crippen LogP contribution in [0.25, 0.3) is 0 Å². The summed E-state index contributed by atoms with van der Waals surface area (Å²) in [4.78, 5) is 12.5. The van der Waals surface area contributed by atoms with Crippen molar-refractivity contribution in [3.63, 3.8) is 0 Å². The number of allylic oxidation sites excluding steroid dienone is 7. The molecule has 0 spiro atoms. The van der Waals surface area contributed by atoms with Gasteiger partial charge in [-0.15, -0.1) is 0 Å². The van der Waals surface area contributed by atoms with Crippen LogP contribution in [0.3, 0.4) is 0 Å². The van der Waals surface area contributed by atoms with Gasteiger partial charge in [0.2, 0.25) is 5.91 Å². The van der Waals surface area contributed by atoms with Gasteiger partial charge < -0.3 is 15.5 Å². The van der Waals surface area contributed by atoms with E-state index in [9.17, 15) is 15.0 Å². The van der Waals surface area contributed by atoms with Crippen LogP contribution in [0.1, 0.15) is 373 Å². The SMILES string of the molecule is CCCCCCCCCC/C=C\CCCCCCCCCCCCCCCCCCCCCCCCCCCCCC(=O)NC(CO)C(O)/C=C/CC/C=C/CC/C=C/CCCCCCCCCCCCCCC. The van der Waals surface area contributed by atoms with Crippen LogP contribution in [0.5, 0.6) is 0 Å². The molecule has 0 heterocycles. The topological polar surface area (TPSA) is 69.6 Å². The molecule has 2 unspecified atom stereocenters. The number of aliphatic hydroxyl groups excluding tert-OH is 2. The van der Waals surface area contributed by atoms with Gasteiger partial charge in [-0.1, -0.05) is 345 Å². The summed E-state index contributed by atoms with van der Waals surface area (Å²) in [5, 5.41) is 23.2. The second-order valence-electron chi connectivity index (χ2n) is 23.2. The number of hydrogen-bond acceptors (Lipinski definition) is 3. The average molecular weight is 1040 g/mol. The number of aliphatic hydroxyl groups is 2. The Morgan fingerprint density at radius 3 is 0.784 bits per heavy atom. The van der Waals surface area contributed by atoms with Crippen LogP contribution in [0.15, 0.2) is 48.6 Å². The Morgan fingerprint density at radius 2 is 0.527 bits per heavy atom. The Hall–Kier alpha value is -1.65. The second kappa shape index (κ2) is 65.6. The summed E-state index contributed by atoms with van der Waals surface area (Å²) in [5.41, 5.74) is 0. The van der Waals surface area contributed by atoms with Crippen molar-refractivity contribution in [3.05, 3.63) is 48.6 Å². The smallest absolute Gasteiger partial charge is 0.220 e. The Bertz CT molecular complexity index is 1170. The lowest BCUT2D eigenvalue weighted by molar-refractivity contribution is -0.123. The van der Waals surface area contributed by atoms with Crippen LogP contribution in [-0.2, 0) is 4.79 Å². The third-order valence-corrected chi connectivity index (χ3v) is 15.8. The van der Waals surface area contributed by atoms with Crippen molar-refractivity contribution in [3.8, 4) is 0 Å². The molecule has 0 radical (unpaired) electrons. The van der Waals surface area contributed by atoms with Gasteiger partial charge in [0.1, 0.15) is 0 Å². The molecule has 0 saturated heterocycles. The Kier molecular flexibility index (Phi) is 64.2. The number of amides is 1. The van der Waals surface area contributed by atoms with E-state index in [-0.39, 0.29) is 12.5 Å². The Labute approximate surface area is 464 Å². The summed E-state index contributed by atoms with van der Waals surface area (Å²) >= 11 is 0. The third kappa shape index (κ3) is 61.2. The first-order chi connectivity index (χ1) is 36.7. The van der Waals surface area contributed by atoms with Gasteiger partial charge in [-0.05, 0) is 70.6 Å². The standard InChI is InChI=1S/C70H133NO3/c1-3-5-7-9-11-13-15-17-19-21-23-25-27-28-29-30-31-32-33-34-35-36-37-38-39-40-41-42-44-46-48-50-52-54-56-58-60-62-64-66-70(74)71-68(67-72)69(73)65-63-61-59-57-55-53-51-49-47-45-43-26-24-22-20-18-16-14-12-10-8-6-4-2/h21,23,47,49,55,57,63,65,68-69,72-73H,3-20,22,24-46,48,50-54,56,58-62,64,66-67H2,1-2H3,(H,71,74)/b23-21-,49-47+,57-55+,65-63+. The molecule has 1 amide bonds. The number of unbranched alkanes of at least 4 members (excludes halogenated alkanes) is 50. The Morgan fingerprint density at radius 1 is 0.311 bits per heavy atom. The van der Waals surface area contributed by atoms with E-state index in [0.717, 1.165) is 38.5 Å². The molecule has 0 aliphatic rings. The molecule has 436 valence electrons. The average Bonchev–Trinajstić information content (AvgIpc) is 3.40. The molecule has 3 N–H and O–H groups in total. The fourth-order valence-electron chi connectivity index (χ4n) is 10.6. The van der Waals surface area contributed by atoms with Crippen molar-refractivity contribution < 1.29 is 15.0 Å². The zero-order valence-electron chi connectivity index (χ0n) is 50.4. The normalized spacial score (nSPS) is 13.0. The van der Waals surface area contributed by atoms with E-state index in [0.29, 0.717) is 6.42 Å². The van der Waals surface area contributed by atoms with Gasteiger partial charge in [0.25, 0.3) is 0 Å². The molecule has 74 heavy (non-hydrogen) atoms. The van der Waals surface area contributed by atoms with E-state index in [1.807, 2.05) is 6.08 Å². The molecule has 0 saturated carbocycles. The van der Waals surface area contributed by atoms with E-state index >= 15 is 0 Å². The molecule has 4 heteroatoms. The highest BCUT2D eigenvalue weighted by atomic mass is 16.3. The second-order valence-corrected chi connectivity index (χ2v) is 23.2. The first-order valence-electron chi connectivity index (χ1n) is 33.9. The summed E-state index contributed by atoms with van der Waals surface area (Å²) in [7, 11) is 0. The van der Waals surface area contributed by atoms with E-state index in [4.69, 9.17) is 0 Å². The summed E-state index contributed by atoms with van der Waals surface area (Å²) in [6.45, 7) is 4.33. The van der Waals surface area contributed by atoms with Crippen LogP contribution in [0.2, 0.25) is 0 Å². The highest BCUT2D eigenvalue weighted by Crippen LogP contribution is 2.18. The van der Waals surface area contributed by atoms with Gasteiger partial charge in [0, 0.05) is 6.42 Å². The molecule has 0 bridgehead atoms. The van der Waals surface area contributed by atoms with E-state index in [2.05, 4.69) is 55.6 Å². The van der Waals surface area contributed by atoms with Crippen molar-refractivity contribution >= 4 is 5.91 Å². The lowest BCUT2D eigenvalue weighted by Gasteiger charge is -2.19. The first kappa shape index (κ1) is 72.3. The zero-order chi connectivity index (χ0) is 53.4. The van der Waals surface area contributed by atoms with E-state index in [1.54, 1.807) is 6.08 Å². The number of carbonyl (C=O) groups is 1. The molecular formula is C70H133NO3. The predicted molar refractivity (Wildman–Crippen MR) is 331 cm³/mol. The molecule has 0 aromatic carbocycles. The van der Waals surface area contributed by atoms with Crippen molar-refractivity contribution in [2.75, 3.05) is 6.61 Å². The number of nitrogens with one attached hydrogen (secondary N) is 1. The first-order valence-corrected chi connectivity index (χ1v) is 33.9. The lowest BCUT2D eigenvalue weighted by atomic mass is 10.0. The van der Waals surface area contributed by atoms with Gasteiger partial charge in [-0.25, -0.2) is 0 Å². The summed E-state index contributed by atoms with van der Waals surface area (Å²) in [5.74, 6) is -0.0710. The maximum absolute atomic E-state index is 12.5. The van der Waals surface area contributed by atoms with E-state index < -0.39 is 12.1 Å². The fraction of sp³-hybridized carbons (Fsp3) is 0.871. The molecule has 0 aromatic rings. The quantitative estimate of drug-likeness (QED) is 0.0420. The largest absolute Gasteiger partial charge is 0.394 e. The Balaban J connectivity index is 3.43. The van der Waals surface area contributed by atoms with Crippen molar-refractivity contribution in [1.29, 1.82) is 0 Å². The molecule has 0 aliphatic heterocycles. The molecule has 4 nitrogen and oxygen atoms in total. The van der Waals surface area contributed by atoms with Gasteiger partial charge in [-0.2, -0.15) is 0 Å². The minimum Gasteiger partial charge on any atom is -0.394 e. The molecule has 2 atom stereocenters. The number of hydrogen-bond donors (Lipinski definition) is 3. The van der Waals surface area contributed by atoms with Crippen molar-refractivity contribution in [1.82, 2.24) is 5.32 Å². The minimum absolute atomic E-state index is 0.0710. The van der Waals surface area contributed by atoms with Gasteiger partial charge >= 0.3 is 0 Å². The molecule has 0 aromatic heterocycles. The fourth-order valence-corrected chi connectivity index (χ4v) is 10.6. The summed E-state index contributed by atoms with van der Waals surface area (Å²) < 4.78 is 0. The highest BCUT2D eigenvalue weighted by Gasteiger charge is 2.18. The van der Waals surface area contributed by atoms with Crippen molar-refractivity contribution in [2.45, 2.75) is 386 Å². The van der Waals surface area contributed by atoms with Crippen LogP contribution >= 0.6 is 0 Å². The van der Waals surface area contributed by atoms with Crippen LogP contribution in [-0.4, -0.2) is 34.9 Å². The minimum atomic E-state index is -0.871. The zero-order valence-corrected chi connectivity index (χ0v) is 50.4. The van der Waals surface area contributed by atoms with Crippen LogP contribution in [0.4, 0.5) is 0 Å². The van der Waals surface area contributed by atoms with Gasteiger partial charge in [0.15, 0.2) is 0 Å². The maximum atomic E-state index is 12.5. The molecule has 0 aliphatic carbocycles. The third-order valence-electron chi connectivity index (χ3n) is 15.8. The van der Waals surface area contributed by atoms with Crippen molar-refractivity contribution in [2.24, 2.45) is 0 Å². The predicted octanol–water partition coefficient (Wildman–Crippen LogP) is 22.9. The highest BCUT2D eigenvalue weighted by molar-refractivity contribution is 5.76. The van der Waals surface area contributed by atoms with Gasteiger partial charge in [0.05, 0.1) is 18.8 Å². The molecule has 0 rings (SSSR count). The van der Waals surface area contributed by atoms with Crippen LogP contribution in [0, 0.1) is 0 Å². The monoisotopic (exact) mass is 1040 g/mol. The summed E-state index contributed by atoms with van der Waals surface area (Å²) in [6.07, 6.45) is 92.0. The maximum Gasteiger partial charge on any atom is 0.220 e. The lowest BCUT2D eigenvalue weighted by Crippen LogP contribution is -2.45. The van der Waals surface area contributed by atoms with Gasteiger partial charge in [-0.3, -0.25) is 4.79 Å². The molecular weight excluding hydrogens is 903 g/mol. The van der Waals surface area contributed by atoms with E-state index in [1.165, 1.54) is 315 Å². The van der Waals surface area contributed by atoms with Crippen LogP contribution < -0.4 is 5.32 Å².